The Hall–Kier alpha value is -0.0600. The highest BCUT2D eigenvalue weighted by Gasteiger charge is 2.37. The molecule has 0 amide bonds. The third-order valence-electron chi connectivity index (χ3n) is 2.44. The van der Waals surface area contributed by atoms with E-state index in [2.05, 4.69) is 10.4 Å². The van der Waals surface area contributed by atoms with Gasteiger partial charge in [0.05, 0.1) is 4.75 Å². The van der Waals surface area contributed by atoms with Gasteiger partial charge >= 0.3 is 0 Å². The fourth-order valence-corrected chi connectivity index (χ4v) is 4.19. The van der Waals surface area contributed by atoms with Crippen molar-refractivity contribution >= 4 is 23.1 Å². The number of thioether (sulfide) groups is 1. The lowest BCUT2D eigenvalue weighted by Gasteiger charge is -2.23. The molecule has 0 saturated carbocycles. The second-order valence-corrected chi connectivity index (χ2v) is 5.78. The van der Waals surface area contributed by atoms with Crippen molar-refractivity contribution in [3.05, 3.63) is 16.1 Å². The van der Waals surface area contributed by atoms with Crippen LogP contribution in [0.4, 0.5) is 0 Å². The van der Waals surface area contributed by atoms with Crippen LogP contribution in [0.25, 0.3) is 0 Å². The van der Waals surface area contributed by atoms with Crippen molar-refractivity contribution in [2.24, 2.45) is 5.73 Å². The van der Waals surface area contributed by atoms with Crippen LogP contribution in [0, 0.1) is 6.92 Å². The monoisotopic (exact) mass is 214 g/mol. The molecule has 1 aliphatic rings. The summed E-state index contributed by atoms with van der Waals surface area (Å²) in [5.74, 6) is 1.23. The first-order valence-electron chi connectivity index (χ1n) is 4.53. The molecule has 2 N–H and O–H groups in total. The summed E-state index contributed by atoms with van der Waals surface area (Å²) in [5, 5.41) is 3.35. The van der Waals surface area contributed by atoms with Crippen molar-refractivity contribution in [2.75, 3.05) is 12.3 Å². The van der Waals surface area contributed by atoms with Gasteiger partial charge in [-0.3, -0.25) is 0 Å². The van der Waals surface area contributed by atoms with E-state index in [0.717, 1.165) is 12.2 Å². The number of aromatic nitrogens is 1. The zero-order valence-corrected chi connectivity index (χ0v) is 9.38. The van der Waals surface area contributed by atoms with Crippen LogP contribution in [0.3, 0.4) is 0 Å². The van der Waals surface area contributed by atoms with Crippen molar-refractivity contribution in [1.29, 1.82) is 0 Å². The highest BCUT2D eigenvalue weighted by molar-refractivity contribution is 8.00. The number of nitrogens with zero attached hydrogens (tertiary/aromatic N) is 1. The van der Waals surface area contributed by atoms with Crippen LogP contribution in [0.15, 0.2) is 5.38 Å². The fraction of sp³-hybridized carbons (Fsp3) is 0.667. The van der Waals surface area contributed by atoms with Gasteiger partial charge in [-0.1, -0.05) is 0 Å². The molecule has 0 aliphatic carbocycles. The van der Waals surface area contributed by atoms with Crippen LogP contribution >= 0.6 is 23.1 Å². The van der Waals surface area contributed by atoms with E-state index >= 15 is 0 Å². The molecule has 0 radical (unpaired) electrons. The average molecular weight is 214 g/mol. The van der Waals surface area contributed by atoms with Crippen LogP contribution < -0.4 is 5.73 Å². The molecule has 1 aromatic heterocycles. The minimum absolute atomic E-state index is 0.152. The molecule has 1 fully saturated rings. The lowest BCUT2D eigenvalue weighted by molar-refractivity contribution is 0.595. The number of thiazole rings is 1. The van der Waals surface area contributed by atoms with Gasteiger partial charge in [0.15, 0.2) is 0 Å². The molecule has 0 aromatic carbocycles. The molecule has 0 spiro atoms. The summed E-state index contributed by atoms with van der Waals surface area (Å²) in [6.45, 7) is 2.77. The highest BCUT2D eigenvalue weighted by Crippen LogP contribution is 2.46. The molecular weight excluding hydrogens is 200 g/mol. The second kappa shape index (κ2) is 3.59. The van der Waals surface area contributed by atoms with E-state index in [0.29, 0.717) is 0 Å². The van der Waals surface area contributed by atoms with Gasteiger partial charge in [0, 0.05) is 17.6 Å². The summed E-state index contributed by atoms with van der Waals surface area (Å²) in [7, 11) is 0. The molecule has 2 nitrogen and oxygen atoms in total. The van der Waals surface area contributed by atoms with Crippen molar-refractivity contribution < 1.29 is 0 Å². The molecule has 4 heteroatoms. The molecule has 1 atom stereocenters. The van der Waals surface area contributed by atoms with Gasteiger partial charge < -0.3 is 5.73 Å². The zero-order valence-electron chi connectivity index (χ0n) is 7.75. The van der Waals surface area contributed by atoms with Gasteiger partial charge in [-0.25, -0.2) is 4.98 Å². The fourth-order valence-electron chi connectivity index (χ4n) is 1.68. The lowest BCUT2D eigenvalue weighted by atomic mass is 10.0. The van der Waals surface area contributed by atoms with Crippen LogP contribution in [0.1, 0.15) is 23.5 Å². The first-order valence-corrected chi connectivity index (χ1v) is 6.40. The average Bonchev–Trinajstić information content (AvgIpc) is 2.73. The van der Waals surface area contributed by atoms with Crippen LogP contribution in [-0.2, 0) is 4.75 Å². The summed E-state index contributed by atoms with van der Waals surface area (Å²) in [5.41, 5.74) is 6.98. The first kappa shape index (κ1) is 9.49. The van der Waals surface area contributed by atoms with E-state index in [4.69, 9.17) is 5.73 Å². The second-order valence-electron chi connectivity index (χ2n) is 3.44. The molecule has 1 unspecified atom stereocenters. The minimum atomic E-state index is 0.152. The summed E-state index contributed by atoms with van der Waals surface area (Å²) >= 11 is 3.74. The highest BCUT2D eigenvalue weighted by atomic mass is 32.2. The van der Waals surface area contributed by atoms with Gasteiger partial charge in [0.25, 0.3) is 0 Å². The van der Waals surface area contributed by atoms with Crippen molar-refractivity contribution in [3.8, 4) is 0 Å². The number of rotatable bonds is 2. The molecule has 72 valence electrons. The zero-order chi connectivity index (χ0) is 9.31. The molecule has 1 aromatic rings. The largest absolute Gasteiger partial charge is 0.329 e. The van der Waals surface area contributed by atoms with E-state index in [9.17, 15) is 0 Å². The topological polar surface area (TPSA) is 38.9 Å². The molecule has 2 heterocycles. The molecule has 1 aliphatic heterocycles. The standard InChI is InChI=1S/C9H14N2S2/c1-7-5-12-8(11-7)9(6-10)3-2-4-13-9/h5H,2-4,6,10H2,1H3. The van der Waals surface area contributed by atoms with Crippen molar-refractivity contribution in [3.63, 3.8) is 0 Å². The minimum Gasteiger partial charge on any atom is -0.329 e. The molecular formula is C9H14N2S2. The van der Waals surface area contributed by atoms with Crippen molar-refractivity contribution in [1.82, 2.24) is 4.98 Å². The Balaban J connectivity index is 2.30. The van der Waals surface area contributed by atoms with Gasteiger partial charge in [0.1, 0.15) is 5.01 Å². The Morgan fingerprint density at radius 2 is 2.54 bits per heavy atom. The summed E-state index contributed by atoms with van der Waals surface area (Å²) in [6.07, 6.45) is 2.47. The third kappa shape index (κ3) is 1.63. The number of nitrogens with two attached hydrogens (primary N) is 1. The smallest absolute Gasteiger partial charge is 0.110 e. The van der Waals surface area contributed by atoms with Gasteiger partial charge in [0.2, 0.25) is 0 Å². The van der Waals surface area contributed by atoms with Gasteiger partial charge in [-0.2, -0.15) is 0 Å². The number of hydrogen-bond donors (Lipinski definition) is 1. The molecule has 2 rings (SSSR count). The van der Waals surface area contributed by atoms with E-state index in [-0.39, 0.29) is 4.75 Å². The maximum atomic E-state index is 5.86. The summed E-state index contributed by atoms with van der Waals surface area (Å²) < 4.78 is 0.152. The van der Waals surface area contributed by atoms with Crippen LogP contribution in [0.5, 0.6) is 0 Å². The predicted molar refractivity (Wildman–Crippen MR) is 59.3 cm³/mol. The normalized spacial score (nSPS) is 28.2. The maximum Gasteiger partial charge on any atom is 0.110 e. The Bertz CT molecular complexity index is 290. The Labute approximate surface area is 86.9 Å². The first-order chi connectivity index (χ1) is 6.27. The Kier molecular flexibility index (Phi) is 2.62. The lowest BCUT2D eigenvalue weighted by Crippen LogP contribution is -2.28. The van der Waals surface area contributed by atoms with Crippen molar-refractivity contribution in [2.45, 2.75) is 24.5 Å². The Morgan fingerprint density at radius 1 is 1.69 bits per heavy atom. The van der Waals surface area contributed by atoms with Gasteiger partial charge in [-0.15, -0.1) is 23.1 Å². The number of aryl methyl sites for hydroxylation is 1. The quantitative estimate of drug-likeness (QED) is 0.819. The van der Waals surface area contributed by atoms with Crippen LogP contribution in [-0.4, -0.2) is 17.3 Å². The third-order valence-corrected chi connectivity index (χ3v) is 5.34. The van der Waals surface area contributed by atoms with Crippen LogP contribution in [0.2, 0.25) is 0 Å². The maximum absolute atomic E-state index is 5.86. The Morgan fingerprint density at radius 3 is 3.00 bits per heavy atom. The van der Waals surface area contributed by atoms with Gasteiger partial charge in [-0.05, 0) is 25.5 Å². The van der Waals surface area contributed by atoms with E-state index in [1.54, 1.807) is 11.3 Å². The van der Waals surface area contributed by atoms with E-state index in [1.807, 2.05) is 18.7 Å². The SMILES string of the molecule is Cc1csc(C2(CN)CCCS2)n1. The summed E-state index contributed by atoms with van der Waals surface area (Å²) in [6, 6.07) is 0. The summed E-state index contributed by atoms with van der Waals surface area (Å²) in [4.78, 5) is 4.55. The van der Waals surface area contributed by atoms with E-state index in [1.165, 1.54) is 23.6 Å². The molecule has 0 bridgehead atoms. The molecule has 13 heavy (non-hydrogen) atoms. The predicted octanol–water partition coefficient (Wildman–Crippen LogP) is 2.13. The molecule has 1 saturated heterocycles. The van der Waals surface area contributed by atoms with E-state index < -0.39 is 0 Å². The number of hydrogen-bond acceptors (Lipinski definition) is 4.